The summed E-state index contributed by atoms with van der Waals surface area (Å²) in [4.78, 5) is 29.1. The lowest BCUT2D eigenvalue weighted by Gasteiger charge is -2.33. The van der Waals surface area contributed by atoms with Gasteiger partial charge in [-0.2, -0.15) is 0 Å². The van der Waals surface area contributed by atoms with Gasteiger partial charge in [0.2, 0.25) is 11.8 Å². The van der Waals surface area contributed by atoms with Gasteiger partial charge < -0.3 is 10.2 Å². The zero-order valence-electron chi connectivity index (χ0n) is 23.5. The second-order valence-electron chi connectivity index (χ2n) is 9.92. The zero-order valence-corrected chi connectivity index (χ0v) is 24.3. The van der Waals surface area contributed by atoms with Crippen LogP contribution >= 0.6 is 0 Å². The monoisotopic (exact) mass is 569 g/mol. The van der Waals surface area contributed by atoms with Gasteiger partial charge in [-0.05, 0) is 60.4 Å². The van der Waals surface area contributed by atoms with Crippen molar-refractivity contribution in [2.24, 2.45) is 0 Å². The highest BCUT2D eigenvalue weighted by Crippen LogP contribution is 2.27. The molecule has 4 aromatic carbocycles. The summed E-state index contributed by atoms with van der Waals surface area (Å²) in [6.45, 7) is 3.50. The molecule has 1 unspecified atom stereocenters. The van der Waals surface area contributed by atoms with Gasteiger partial charge in [-0.1, -0.05) is 84.9 Å². The number of anilines is 1. The number of sulfonamides is 1. The van der Waals surface area contributed by atoms with Crippen LogP contribution in [0.25, 0.3) is 0 Å². The average Bonchev–Trinajstić information content (AvgIpc) is 3.00. The van der Waals surface area contributed by atoms with Crippen LogP contribution < -0.4 is 9.62 Å². The molecular weight excluding hydrogens is 534 g/mol. The Hall–Kier alpha value is -4.43. The molecule has 41 heavy (non-hydrogen) atoms. The predicted molar refractivity (Wildman–Crippen MR) is 162 cm³/mol. The molecule has 0 saturated heterocycles. The highest BCUT2D eigenvalue weighted by atomic mass is 32.2. The highest BCUT2D eigenvalue weighted by molar-refractivity contribution is 7.92. The third kappa shape index (κ3) is 7.21. The first-order valence-corrected chi connectivity index (χ1v) is 14.9. The molecule has 1 atom stereocenters. The number of hydrogen-bond acceptors (Lipinski definition) is 4. The van der Waals surface area contributed by atoms with Crippen molar-refractivity contribution < 1.29 is 18.0 Å². The van der Waals surface area contributed by atoms with E-state index in [2.05, 4.69) is 5.32 Å². The number of carbonyl (C=O) groups excluding carboxylic acids is 2. The molecule has 0 aliphatic carbocycles. The van der Waals surface area contributed by atoms with Crippen LogP contribution in [0.3, 0.4) is 0 Å². The maximum absolute atomic E-state index is 14.3. The molecule has 212 valence electrons. The quantitative estimate of drug-likeness (QED) is 0.279. The van der Waals surface area contributed by atoms with Crippen molar-refractivity contribution in [3.8, 4) is 0 Å². The lowest BCUT2D eigenvalue weighted by atomic mass is 10.0. The Labute approximate surface area is 242 Å². The van der Waals surface area contributed by atoms with Crippen LogP contribution in [0.4, 0.5) is 5.69 Å². The summed E-state index contributed by atoms with van der Waals surface area (Å²) in [5.41, 5.74) is 3.99. The summed E-state index contributed by atoms with van der Waals surface area (Å²) in [5.74, 6) is -0.821. The van der Waals surface area contributed by atoms with E-state index in [-0.39, 0.29) is 23.8 Å². The van der Waals surface area contributed by atoms with E-state index in [4.69, 9.17) is 0 Å². The number of amides is 2. The number of rotatable bonds is 11. The van der Waals surface area contributed by atoms with Gasteiger partial charge in [-0.15, -0.1) is 0 Å². The van der Waals surface area contributed by atoms with E-state index in [1.165, 1.54) is 24.1 Å². The van der Waals surface area contributed by atoms with Gasteiger partial charge in [0.25, 0.3) is 10.0 Å². The normalized spacial score (nSPS) is 11.9. The first kappa shape index (κ1) is 29.6. The van der Waals surface area contributed by atoms with Gasteiger partial charge in [-0.25, -0.2) is 8.42 Å². The minimum absolute atomic E-state index is 0.0766. The van der Waals surface area contributed by atoms with Gasteiger partial charge in [0.1, 0.15) is 12.6 Å². The van der Waals surface area contributed by atoms with E-state index in [0.29, 0.717) is 5.69 Å². The number of nitrogens with one attached hydrogen (secondary N) is 1. The minimum Gasteiger partial charge on any atom is -0.357 e. The third-order valence-corrected chi connectivity index (χ3v) is 8.89. The SMILES string of the molecule is CNC(=O)C(Cc1ccccc1)N(Cc1ccccc1)C(=O)CN(c1ccc(C)c(C)c1)S(=O)(=O)c1ccccc1. The molecule has 0 radical (unpaired) electrons. The molecule has 0 aromatic heterocycles. The van der Waals surface area contributed by atoms with Crippen LogP contribution in [0.5, 0.6) is 0 Å². The van der Waals surface area contributed by atoms with Gasteiger partial charge in [-0.3, -0.25) is 13.9 Å². The molecule has 0 spiro atoms. The third-order valence-electron chi connectivity index (χ3n) is 7.10. The number of likely N-dealkylation sites (N-methyl/N-ethyl adjacent to an activating group) is 1. The lowest BCUT2D eigenvalue weighted by molar-refractivity contribution is -0.139. The number of benzene rings is 4. The highest BCUT2D eigenvalue weighted by Gasteiger charge is 2.34. The van der Waals surface area contributed by atoms with Crippen LogP contribution in [-0.4, -0.2) is 44.8 Å². The van der Waals surface area contributed by atoms with Crippen molar-refractivity contribution in [2.75, 3.05) is 17.9 Å². The Morgan fingerprint density at radius 3 is 1.88 bits per heavy atom. The molecule has 0 fully saturated rings. The number of hydrogen-bond donors (Lipinski definition) is 1. The smallest absolute Gasteiger partial charge is 0.264 e. The Morgan fingerprint density at radius 1 is 0.756 bits per heavy atom. The fourth-order valence-corrected chi connectivity index (χ4v) is 6.06. The van der Waals surface area contributed by atoms with E-state index in [1.54, 1.807) is 30.3 Å². The van der Waals surface area contributed by atoms with Crippen LogP contribution in [0.1, 0.15) is 22.3 Å². The van der Waals surface area contributed by atoms with Crippen LogP contribution in [0.15, 0.2) is 114 Å². The topological polar surface area (TPSA) is 86.8 Å². The first-order chi connectivity index (χ1) is 19.7. The first-order valence-electron chi connectivity index (χ1n) is 13.4. The van der Waals surface area contributed by atoms with Gasteiger partial charge in [0.05, 0.1) is 10.6 Å². The average molecular weight is 570 g/mol. The molecule has 0 aliphatic heterocycles. The Bertz CT molecular complexity index is 1580. The van der Waals surface area contributed by atoms with Crippen molar-refractivity contribution in [1.82, 2.24) is 10.2 Å². The molecule has 0 aliphatic rings. The van der Waals surface area contributed by atoms with E-state index >= 15 is 0 Å². The second kappa shape index (κ2) is 13.3. The Kier molecular flexibility index (Phi) is 9.57. The fraction of sp³-hybridized carbons (Fsp3) is 0.212. The lowest BCUT2D eigenvalue weighted by Crippen LogP contribution is -2.53. The van der Waals surface area contributed by atoms with Crippen molar-refractivity contribution in [3.63, 3.8) is 0 Å². The fourth-order valence-electron chi connectivity index (χ4n) is 4.63. The van der Waals surface area contributed by atoms with E-state index < -0.39 is 28.5 Å². The number of carbonyl (C=O) groups is 2. The number of aryl methyl sites for hydroxylation is 2. The summed E-state index contributed by atoms with van der Waals surface area (Å²) in [7, 11) is -2.58. The summed E-state index contributed by atoms with van der Waals surface area (Å²) >= 11 is 0. The van der Waals surface area contributed by atoms with Crippen LogP contribution in [0, 0.1) is 13.8 Å². The molecule has 4 rings (SSSR count). The number of nitrogens with zero attached hydrogens (tertiary/aromatic N) is 2. The molecule has 0 bridgehead atoms. The summed E-state index contributed by atoms with van der Waals surface area (Å²) in [6.07, 6.45) is 0.272. The van der Waals surface area contributed by atoms with Gasteiger partial charge in [0, 0.05) is 20.0 Å². The summed E-state index contributed by atoms with van der Waals surface area (Å²) < 4.78 is 29.1. The Balaban J connectivity index is 1.78. The minimum atomic E-state index is -4.11. The molecule has 1 N–H and O–H groups in total. The maximum atomic E-state index is 14.3. The van der Waals surface area contributed by atoms with Crippen LogP contribution in [0.2, 0.25) is 0 Å². The predicted octanol–water partition coefficient (Wildman–Crippen LogP) is 4.88. The molecule has 8 heteroatoms. The zero-order chi connectivity index (χ0) is 29.4. The standard InChI is InChI=1S/C33H35N3O4S/c1-25-19-20-29(21-26(25)2)36(41(39,40)30-17-11-6-12-18-30)24-32(37)35(23-28-15-9-5-10-16-28)31(33(38)34-3)22-27-13-7-4-8-14-27/h4-21,31H,22-24H2,1-3H3,(H,34,38). The summed E-state index contributed by atoms with van der Waals surface area (Å²) in [5, 5.41) is 2.70. The molecule has 7 nitrogen and oxygen atoms in total. The molecule has 0 heterocycles. The van der Waals surface area contributed by atoms with Crippen molar-refractivity contribution in [2.45, 2.75) is 37.8 Å². The van der Waals surface area contributed by atoms with E-state index in [0.717, 1.165) is 26.6 Å². The van der Waals surface area contributed by atoms with E-state index in [1.807, 2.05) is 80.6 Å². The largest absolute Gasteiger partial charge is 0.357 e. The van der Waals surface area contributed by atoms with E-state index in [9.17, 15) is 18.0 Å². The molecule has 0 saturated carbocycles. The van der Waals surface area contributed by atoms with Gasteiger partial charge >= 0.3 is 0 Å². The van der Waals surface area contributed by atoms with Crippen molar-refractivity contribution >= 4 is 27.5 Å². The summed E-state index contributed by atoms with van der Waals surface area (Å²) in [6, 6.07) is 31.4. The van der Waals surface area contributed by atoms with Crippen molar-refractivity contribution in [1.29, 1.82) is 0 Å². The van der Waals surface area contributed by atoms with Crippen LogP contribution in [-0.2, 0) is 32.6 Å². The molecule has 2 amide bonds. The Morgan fingerprint density at radius 2 is 1.32 bits per heavy atom. The van der Waals surface area contributed by atoms with Gasteiger partial charge in [0.15, 0.2) is 0 Å². The maximum Gasteiger partial charge on any atom is 0.264 e. The molecule has 4 aromatic rings. The van der Waals surface area contributed by atoms with Crippen molar-refractivity contribution in [3.05, 3.63) is 131 Å². The molecular formula is C33H35N3O4S. The second-order valence-corrected chi connectivity index (χ2v) is 11.8.